The van der Waals surface area contributed by atoms with Gasteiger partial charge < -0.3 is 5.32 Å². The second-order valence-electron chi connectivity index (χ2n) is 3.94. The molecule has 2 heterocycles. The molecule has 2 aromatic heterocycles. The molecule has 0 bridgehead atoms. The van der Waals surface area contributed by atoms with Gasteiger partial charge in [0.1, 0.15) is 0 Å². The van der Waals surface area contributed by atoms with E-state index in [1.165, 1.54) is 8.66 Å². The second kappa shape index (κ2) is 6.33. The topological polar surface area (TPSA) is 29.9 Å². The predicted molar refractivity (Wildman–Crippen MR) is 75.3 cm³/mol. The van der Waals surface area contributed by atoms with Crippen molar-refractivity contribution in [3.8, 4) is 0 Å². The lowest BCUT2D eigenvalue weighted by Crippen LogP contribution is -2.20. The fourth-order valence-corrected chi connectivity index (χ4v) is 3.10. The summed E-state index contributed by atoms with van der Waals surface area (Å²) in [6, 6.07) is 6.64. The first-order valence-electron chi connectivity index (χ1n) is 5.72. The van der Waals surface area contributed by atoms with Crippen LogP contribution in [0.2, 0.25) is 0 Å². The largest absolute Gasteiger partial charge is 0.309 e. The van der Waals surface area contributed by atoms with Gasteiger partial charge in [-0.25, -0.2) is 0 Å². The van der Waals surface area contributed by atoms with E-state index < -0.39 is 0 Å². The fourth-order valence-electron chi connectivity index (χ4n) is 1.65. The maximum absolute atomic E-state index is 4.18. The maximum atomic E-state index is 4.18. The van der Waals surface area contributed by atoms with Crippen molar-refractivity contribution >= 4 is 27.3 Å². The summed E-state index contributed by atoms with van der Waals surface area (Å²) >= 11 is 5.28. The molecule has 0 saturated heterocycles. The lowest BCUT2D eigenvalue weighted by atomic mass is 10.2. The van der Waals surface area contributed by atoms with Crippen molar-refractivity contribution in [3.05, 3.63) is 39.3 Å². The van der Waals surface area contributed by atoms with Gasteiger partial charge in [-0.2, -0.15) is 5.10 Å². The molecule has 0 radical (unpaired) electrons. The number of hydrogen-bond acceptors (Lipinski definition) is 3. The SMILES string of the molecule is C[C@@H](NCCCn1cccn1)c1ccc(Br)s1. The summed E-state index contributed by atoms with van der Waals surface area (Å²) in [6.07, 6.45) is 4.91. The molecule has 17 heavy (non-hydrogen) atoms. The highest BCUT2D eigenvalue weighted by molar-refractivity contribution is 9.11. The Hall–Kier alpha value is -0.650. The molecular weight excluding hydrogens is 298 g/mol. The number of nitrogens with one attached hydrogen (secondary N) is 1. The molecule has 0 aliphatic carbocycles. The Labute approximate surface area is 114 Å². The number of thiophene rings is 1. The van der Waals surface area contributed by atoms with Crippen molar-refractivity contribution in [2.24, 2.45) is 0 Å². The van der Waals surface area contributed by atoms with Crippen molar-refractivity contribution in [2.75, 3.05) is 6.54 Å². The minimum Gasteiger partial charge on any atom is -0.309 e. The van der Waals surface area contributed by atoms with Crippen LogP contribution in [-0.2, 0) is 6.54 Å². The standard InChI is InChI=1S/C12H16BrN3S/c1-10(11-4-5-12(13)17-11)14-6-2-8-16-9-3-7-15-16/h3-5,7,9-10,14H,2,6,8H2,1H3/t10-/m1/s1. The molecule has 0 amide bonds. The quantitative estimate of drug-likeness (QED) is 0.828. The second-order valence-corrected chi connectivity index (χ2v) is 6.43. The molecular formula is C12H16BrN3S. The molecule has 0 aliphatic heterocycles. The molecule has 2 aromatic rings. The van der Waals surface area contributed by atoms with Gasteiger partial charge in [0.05, 0.1) is 3.79 Å². The van der Waals surface area contributed by atoms with Gasteiger partial charge in [-0.05, 0) is 54.0 Å². The van der Waals surface area contributed by atoms with Gasteiger partial charge in [-0.15, -0.1) is 11.3 Å². The number of aromatic nitrogens is 2. The van der Waals surface area contributed by atoms with E-state index in [2.05, 4.69) is 45.4 Å². The zero-order valence-electron chi connectivity index (χ0n) is 9.77. The van der Waals surface area contributed by atoms with Gasteiger partial charge in [0, 0.05) is 29.9 Å². The van der Waals surface area contributed by atoms with Crippen LogP contribution in [0.3, 0.4) is 0 Å². The van der Waals surface area contributed by atoms with Crippen LogP contribution >= 0.6 is 27.3 Å². The number of aryl methyl sites for hydroxylation is 1. The van der Waals surface area contributed by atoms with Crippen molar-refractivity contribution in [2.45, 2.75) is 25.9 Å². The normalized spacial score (nSPS) is 12.8. The molecule has 0 unspecified atom stereocenters. The van der Waals surface area contributed by atoms with Crippen LogP contribution in [0.5, 0.6) is 0 Å². The van der Waals surface area contributed by atoms with Crippen molar-refractivity contribution in [1.29, 1.82) is 0 Å². The summed E-state index contributed by atoms with van der Waals surface area (Å²) in [5, 5.41) is 7.70. The molecule has 2 rings (SSSR count). The van der Waals surface area contributed by atoms with E-state index in [1.807, 2.05) is 23.1 Å². The van der Waals surface area contributed by atoms with Crippen LogP contribution < -0.4 is 5.32 Å². The Morgan fingerprint density at radius 1 is 1.53 bits per heavy atom. The van der Waals surface area contributed by atoms with E-state index in [-0.39, 0.29) is 0 Å². The Morgan fingerprint density at radius 2 is 2.41 bits per heavy atom. The van der Waals surface area contributed by atoms with Gasteiger partial charge in [-0.3, -0.25) is 4.68 Å². The molecule has 0 aliphatic rings. The highest BCUT2D eigenvalue weighted by atomic mass is 79.9. The number of hydrogen-bond donors (Lipinski definition) is 1. The summed E-state index contributed by atoms with van der Waals surface area (Å²) in [5.74, 6) is 0. The first-order chi connectivity index (χ1) is 8.25. The summed E-state index contributed by atoms with van der Waals surface area (Å²) < 4.78 is 3.16. The third-order valence-electron chi connectivity index (χ3n) is 2.59. The smallest absolute Gasteiger partial charge is 0.0701 e. The predicted octanol–water partition coefficient (Wildman–Crippen LogP) is 3.45. The van der Waals surface area contributed by atoms with E-state index in [0.29, 0.717) is 6.04 Å². The molecule has 3 nitrogen and oxygen atoms in total. The molecule has 0 aromatic carbocycles. The molecule has 0 fully saturated rings. The minimum atomic E-state index is 0.420. The lowest BCUT2D eigenvalue weighted by molar-refractivity contribution is 0.510. The zero-order chi connectivity index (χ0) is 12.1. The summed E-state index contributed by atoms with van der Waals surface area (Å²) in [7, 11) is 0. The number of halogens is 1. The minimum absolute atomic E-state index is 0.420. The van der Waals surface area contributed by atoms with Gasteiger partial charge in [0.2, 0.25) is 0 Å². The maximum Gasteiger partial charge on any atom is 0.0701 e. The summed E-state index contributed by atoms with van der Waals surface area (Å²) in [4.78, 5) is 1.37. The fraction of sp³-hybridized carbons (Fsp3) is 0.417. The molecule has 0 saturated carbocycles. The van der Waals surface area contributed by atoms with Gasteiger partial charge in [0.25, 0.3) is 0 Å². The third-order valence-corrected chi connectivity index (χ3v) is 4.40. The Bertz CT molecular complexity index is 438. The first-order valence-corrected chi connectivity index (χ1v) is 7.32. The Kier molecular flexibility index (Phi) is 4.76. The van der Waals surface area contributed by atoms with E-state index in [1.54, 1.807) is 11.3 Å². The van der Waals surface area contributed by atoms with Crippen LogP contribution in [0, 0.1) is 0 Å². The van der Waals surface area contributed by atoms with Crippen LogP contribution in [0.1, 0.15) is 24.3 Å². The van der Waals surface area contributed by atoms with Gasteiger partial charge in [0.15, 0.2) is 0 Å². The Balaban J connectivity index is 1.68. The van der Waals surface area contributed by atoms with Crippen LogP contribution in [0.4, 0.5) is 0 Å². The highest BCUT2D eigenvalue weighted by Gasteiger charge is 2.06. The van der Waals surface area contributed by atoms with Crippen molar-refractivity contribution in [3.63, 3.8) is 0 Å². The van der Waals surface area contributed by atoms with E-state index >= 15 is 0 Å². The van der Waals surface area contributed by atoms with Crippen LogP contribution in [0.15, 0.2) is 34.4 Å². The number of rotatable bonds is 6. The molecule has 1 N–H and O–H groups in total. The highest BCUT2D eigenvalue weighted by Crippen LogP contribution is 2.26. The molecule has 1 atom stereocenters. The average molecular weight is 314 g/mol. The molecule has 92 valence electrons. The van der Waals surface area contributed by atoms with Gasteiger partial charge >= 0.3 is 0 Å². The van der Waals surface area contributed by atoms with Crippen molar-refractivity contribution < 1.29 is 0 Å². The average Bonchev–Trinajstić information content (AvgIpc) is 2.95. The monoisotopic (exact) mass is 313 g/mol. The number of nitrogens with zero attached hydrogens (tertiary/aromatic N) is 2. The molecule has 0 spiro atoms. The first kappa shape index (κ1) is 12.8. The lowest BCUT2D eigenvalue weighted by Gasteiger charge is -2.11. The van der Waals surface area contributed by atoms with Gasteiger partial charge in [-0.1, -0.05) is 0 Å². The third kappa shape index (κ3) is 3.94. The molecule has 5 heteroatoms. The van der Waals surface area contributed by atoms with E-state index in [0.717, 1.165) is 19.5 Å². The van der Waals surface area contributed by atoms with Crippen LogP contribution in [-0.4, -0.2) is 16.3 Å². The zero-order valence-corrected chi connectivity index (χ0v) is 12.2. The summed E-state index contributed by atoms with van der Waals surface area (Å²) in [6.45, 7) is 4.18. The van der Waals surface area contributed by atoms with E-state index in [9.17, 15) is 0 Å². The summed E-state index contributed by atoms with van der Waals surface area (Å²) in [5.41, 5.74) is 0. The van der Waals surface area contributed by atoms with Crippen LogP contribution in [0.25, 0.3) is 0 Å². The van der Waals surface area contributed by atoms with Crippen molar-refractivity contribution in [1.82, 2.24) is 15.1 Å². The van der Waals surface area contributed by atoms with E-state index in [4.69, 9.17) is 0 Å². The Morgan fingerprint density at radius 3 is 3.06 bits per heavy atom.